The number of aromatic nitrogens is 3. The van der Waals surface area contributed by atoms with Crippen molar-refractivity contribution in [1.29, 1.82) is 0 Å². The molecule has 6 nitrogen and oxygen atoms in total. The van der Waals surface area contributed by atoms with E-state index in [-0.39, 0.29) is 17.5 Å². The third-order valence-corrected chi connectivity index (χ3v) is 6.06. The van der Waals surface area contributed by atoms with Crippen LogP contribution in [0.1, 0.15) is 53.3 Å². The maximum atomic E-state index is 12.9. The fraction of sp³-hybridized carbons (Fsp3) is 0.400. The van der Waals surface area contributed by atoms with E-state index in [1.54, 1.807) is 4.57 Å². The SMILES string of the molecule is Cc1ccc(C)c(Cn2nc3n(c2=O)CCCC3C(=O)NCCCc2ccccc2)c1. The predicted octanol–water partition coefficient (Wildman–Crippen LogP) is 3.34. The van der Waals surface area contributed by atoms with Gasteiger partial charge in [0, 0.05) is 13.1 Å². The second kappa shape index (κ2) is 9.33. The molecule has 4 rings (SSSR count). The molecule has 0 aliphatic carbocycles. The lowest BCUT2D eigenvalue weighted by molar-refractivity contribution is -0.123. The molecule has 0 radical (unpaired) electrons. The molecule has 1 amide bonds. The summed E-state index contributed by atoms with van der Waals surface area (Å²) in [5.41, 5.74) is 4.52. The van der Waals surface area contributed by atoms with Crippen LogP contribution in [0.3, 0.4) is 0 Å². The van der Waals surface area contributed by atoms with Crippen LogP contribution in [0.25, 0.3) is 0 Å². The molecule has 0 saturated heterocycles. The van der Waals surface area contributed by atoms with Crippen molar-refractivity contribution in [2.75, 3.05) is 6.54 Å². The second-order valence-electron chi connectivity index (χ2n) is 8.45. The van der Waals surface area contributed by atoms with Gasteiger partial charge in [-0.2, -0.15) is 5.10 Å². The Hall–Kier alpha value is -3.15. The molecule has 0 fully saturated rings. The normalized spacial score (nSPS) is 15.5. The van der Waals surface area contributed by atoms with Gasteiger partial charge < -0.3 is 5.32 Å². The number of nitrogens with zero attached hydrogens (tertiary/aromatic N) is 3. The molecule has 2 heterocycles. The molecule has 0 bridgehead atoms. The van der Waals surface area contributed by atoms with Gasteiger partial charge >= 0.3 is 5.69 Å². The number of amides is 1. The van der Waals surface area contributed by atoms with Gasteiger partial charge in [0.25, 0.3) is 0 Å². The molecule has 1 N–H and O–H groups in total. The predicted molar refractivity (Wildman–Crippen MR) is 121 cm³/mol. The lowest BCUT2D eigenvalue weighted by Crippen LogP contribution is -2.35. The summed E-state index contributed by atoms with van der Waals surface area (Å²) < 4.78 is 3.20. The van der Waals surface area contributed by atoms with Crippen molar-refractivity contribution in [2.45, 2.75) is 58.5 Å². The highest BCUT2D eigenvalue weighted by atomic mass is 16.2. The Morgan fingerprint density at radius 3 is 2.77 bits per heavy atom. The molecule has 3 aromatic rings. The average molecular weight is 419 g/mol. The minimum absolute atomic E-state index is 0.0297. The maximum absolute atomic E-state index is 12.9. The fourth-order valence-corrected chi connectivity index (χ4v) is 4.26. The fourth-order valence-electron chi connectivity index (χ4n) is 4.26. The molecule has 1 aliphatic heterocycles. The zero-order valence-electron chi connectivity index (χ0n) is 18.3. The van der Waals surface area contributed by atoms with Gasteiger partial charge in [-0.3, -0.25) is 9.36 Å². The number of nitrogens with one attached hydrogen (secondary N) is 1. The minimum atomic E-state index is -0.363. The smallest absolute Gasteiger partial charge is 0.346 e. The molecule has 31 heavy (non-hydrogen) atoms. The number of hydrogen-bond acceptors (Lipinski definition) is 3. The molecule has 6 heteroatoms. The number of aryl methyl sites for hydroxylation is 3. The van der Waals surface area contributed by atoms with Crippen LogP contribution in [0.15, 0.2) is 53.3 Å². The van der Waals surface area contributed by atoms with Gasteiger partial charge in [0.15, 0.2) is 0 Å². The van der Waals surface area contributed by atoms with Gasteiger partial charge in [0.05, 0.1) is 12.5 Å². The molecule has 162 valence electrons. The zero-order valence-corrected chi connectivity index (χ0v) is 18.3. The largest absolute Gasteiger partial charge is 0.355 e. The third-order valence-electron chi connectivity index (χ3n) is 6.06. The molecule has 1 unspecified atom stereocenters. The lowest BCUT2D eigenvalue weighted by Gasteiger charge is -2.21. The van der Waals surface area contributed by atoms with E-state index in [1.807, 2.05) is 32.0 Å². The van der Waals surface area contributed by atoms with Crippen LogP contribution < -0.4 is 11.0 Å². The highest BCUT2D eigenvalue weighted by Crippen LogP contribution is 2.25. The molecular weight excluding hydrogens is 388 g/mol. The number of carbonyl (C=O) groups excluding carboxylic acids is 1. The van der Waals surface area contributed by atoms with E-state index in [0.717, 1.165) is 42.4 Å². The molecular formula is C25H30N4O2. The number of fused-ring (bicyclic) bond motifs is 1. The van der Waals surface area contributed by atoms with Crippen molar-refractivity contribution >= 4 is 5.91 Å². The molecule has 1 aliphatic rings. The minimum Gasteiger partial charge on any atom is -0.355 e. The van der Waals surface area contributed by atoms with Gasteiger partial charge in [-0.15, -0.1) is 0 Å². The van der Waals surface area contributed by atoms with Crippen LogP contribution in [0.5, 0.6) is 0 Å². The lowest BCUT2D eigenvalue weighted by atomic mass is 9.98. The van der Waals surface area contributed by atoms with Crippen LogP contribution in [0.2, 0.25) is 0 Å². The summed E-state index contributed by atoms with van der Waals surface area (Å²) in [6.45, 7) is 5.76. The first-order valence-corrected chi connectivity index (χ1v) is 11.1. The summed E-state index contributed by atoms with van der Waals surface area (Å²) in [5.74, 6) is 0.207. The van der Waals surface area contributed by atoms with Crippen LogP contribution >= 0.6 is 0 Å². The van der Waals surface area contributed by atoms with Gasteiger partial charge in [-0.1, -0.05) is 54.1 Å². The summed E-state index contributed by atoms with van der Waals surface area (Å²) in [6.07, 6.45) is 3.35. The van der Waals surface area contributed by atoms with E-state index >= 15 is 0 Å². The molecule has 0 saturated carbocycles. The van der Waals surface area contributed by atoms with E-state index in [1.165, 1.54) is 10.2 Å². The zero-order chi connectivity index (χ0) is 21.8. The summed E-state index contributed by atoms with van der Waals surface area (Å²) in [5, 5.41) is 7.66. The quantitative estimate of drug-likeness (QED) is 0.599. The Balaban J connectivity index is 1.43. The summed E-state index contributed by atoms with van der Waals surface area (Å²) in [4.78, 5) is 25.8. The Morgan fingerprint density at radius 1 is 1.16 bits per heavy atom. The first-order chi connectivity index (χ1) is 15.0. The van der Waals surface area contributed by atoms with E-state index in [2.05, 4.69) is 40.7 Å². The first kappa shape index (κ1) is 21.1. The van der Waals surface area contributed by atoms with Crippen molar-refractivity contribution in [3.63, 3.8) is 0 Å². The molecule has 1 aromatic heterocycles. The Bertz CT molecular complexity index is 1110. The van der Waals surface area contributed by atoms with Gasteiger partial charge in [-0.05, 0) is 56.2 Å². The Kier molecular flexibility index (Phi) is 6.35. The van der Waals surface area contributed by atoms with Crippen LogP contribution in [-0.4, -0.2) is 26.8 Å². The van der Waals surface area contributed by atoms with Crippen molar-refractivity contribution < 1.29 is 4.79 Å². The molecule has 2 aromatic carbocycles. The van der Waals surface area contributed by atoms with E-state index in [4.69, 9.17) is 0 Å². The van der Waals surface area contributed by atoms with Gasteiger partial charge in [0.2, 0.25) is 5.91 Å². The summed E-state index contributed by atoms with van der Waals surface area (Å²) in [7, 11) is 0. The first-order valence-electron chi connectivity index (χ1n) is 11.1. The van der Waals surface area contributed by atoms with E-state index in [0.29, 0.717) is 25.5 Å². The summed E-state index contributed by atoms with van der Waals surface area (Å²) >= 11 is 0. The second-order valence-corrected chi connectivity index (χ2v) is 8.45. The molecule has 1 atom stereocenters. The third kappa shape index (κ3) is 4.79. The number of rotatable bonds is 7. The summed E-state index contributed by atoms with van der Waals surface area (Å²) in [6, 6.07) is 16.5. The van der Waals surface area contributed by atoms with Crippen molar-refractivity contribution in [3.8, 4) is 0 Å². The standard InChI is InChI=1S/C25H30N4O2/c1-18-12-13-19(2)21(16-18)17-29-25(31)28-15-7-11-22(23(28)27-29)24(30)26-14-6-10-20-8-4-3-5-9-20/h3-5,8-9,12-13,16,22H,6-7,10-11,14-15,17H2,1-2H3,(H,26,30). The van der Waals surface area contributed by atoms with Crippen LogP contribution in [-0.2, 0) is 24.3 Å². The Morgan fingerprint density at radius 2 is 1.97 bits per heavy atom. The van der Waals surface area contributed by atoms with Gasteiger partial charge in [0.1, 0.15) is 5.82 Å². The van der Waals surface area contributed by atoms with Crippen molar-refractivity contribution in [3.05, 3.63) is 87.1 Å². The van der Waals surface area contributed by atoms with Crippen LogP contribution in [0.4, 0.5) is 0 Å². The molecule has 0 spiro atoms. The van der Waals surface area contributed by atoms with Crippen molar-refractivity contribution in [2.24, 2.45) is 0 Å². The maximum Gasteiger partial charge on any atom is 0.346 e. The number of benzene rings is 2. The van der Waals surface area contributed by atoms with Crippen LogP contribution in [0, 0.1) is 13.8 Å². The van der Waals surface area contributed by atoms with Crippen molar-refractivity contribution in [1.82, 2.24) is 19.7 Å². The number of hydrogen-bond donors (Lipinski definition) is 1. The Labute approximate surface area is 182 Å². The topological polar surface area (TPSA) is 68.9 Å². The van der Waals surface area contributed by atoms with Gasteiger partial charge in [-0.25, -0.2) is 9.48 Å². The highest BCUT2D eigenvalue weighted by molar-refractivity contribution is 5.82. The average Bonchev–Trinajstić information content (AvgIpc) is 3.10. The monoisotopic (exact) mass is 418 g/mol. The van der Waals surface area contributed by atoms with E-state index in [9.17, 15) is 9.59 Å². The number of carbonyl (C=O) groups is 1. The highest BCUT2D eigenvalue weighted by Gasteiger charge is 2.31. The van der Waals surface area contributed by atoms with E-state index < -0.39 is 0 Å².